The van der Waals surface area contributed by atoms with Gasteiger partial charge in [0.05, 0.1) is 11.9 Å². The van der Waals surface area contributed by atoms with Gasteiger partial charge in [0.25, 0.3) is 0 Å². The Kier molecular flexibility index (Phi) is 4.31. The number of aliphatic imine (C=N–C) groups is 1. The van der Waals surface area contributed by atoms with Crippen LogP contribution in [-0.2, 0) is 0 Å². The van der Waals surface area contributed by atoms with Crippen LogP contribution in [0.4, 0.5) is 5.69 Å². The highest BCUT2D eigenvalue weighted by atomic mass is 16.5. The van der Waals surface area contributed by atoms with Crippen LogP contribution in [0.15, 0.2) is 76.6 Å². The summed E-state index contributed by atoms with van der Waals surface area (Å²) in [6.45, 7) is 0. The standard InChI is InChI=1S/C17H12N4O2/c18-11-20-17(23-15-4-2-1-3-5-15)21-14-8-6-13(7-9-14)16-10-19-12-22-16/h1-10,12H,(H,20,21). The van der Waals surface area contributed by atoms with E-state index in [9.17, 15) is 0 Å². The number of aromatic nitrogens is 1. The van der Waals surface area contributed by atoms with Gasteiger partial charge in [-0.1, -0.05) is 18.2 Å². The summed E-state index contributed by atoms with van der Waals surface area (Å²) in [5, 5.41) is 11.2. The summed E-state index contributed by atoms with van der Waals surface area (Å²) >= 11 is 0. The van der Waals surface area contributed by atoms with E-state index in [-0.39, 0.29) is 6.02 Å². The molecule has 3 aromatic rings. The Morgan fingerprint density at radius 2 is 1.91 bits per heavy atom. The number of hydrogen-bond acceptors (Lipinski definition) is 5. The van der Waals surface area contributed by atoms with Crippen molar-refractivity contribution in [2.24, 2.45) is 4.99 Å². The predicted octanol–water partition coefficient (Wildman–Crippen LogP) is 3.48. The third-order valence-corrected chi connectivity index (χ3v) is 2.94. The minimum absolute atomic E-state index is 0.103. The topological polar surface area (TPSA) is 83.4 Å². The maximum atomic E-state index is 8.82. The third kappa shape index (κ3) is 3.74. The Bertz CT molecular complexity index is 819. The van der Waals surface area contributed by atoms with Crippen LogP contribution in [0, 0.1) is 11.5 Å². The zero-order valence-electron chi connectivity index (χ0n) is 12.0. The molecular weight excluding hydrogens is 292 g/mol. The van der Waals surface area contributed by atoms with Gasteiger partial charge >= 0.3 is 6.02 Å². The van der Waals surface area contributed by atoms with Crippen molar-refractivity contribution in [3.8, 4) is 23.3 Å². The molecule has 0 bridgehead atoms. The summed E-state index contributed by atoms with van der Waals surface area (Å²) in [5.74, 6) is 1.27. The van der Waals surface area contributed by atoms with E-state index in [1.165, 1.54) is 6.39 Å². The van der Waals surface area contributed by atoms with E-state index in [0.717, 1.165) is 5.56 Å². The van der Waals surface area contributed by atoms with E-state index in [4.69, 9.17) is 14.4 Å². The second-order valence-corrected chi connectivity index (χ2v) is 4.48. The number of para-hydroxylation sites is 1. The van der Waals surface area contributed by atoms with Gasteiger partial charge in [-0.05, 0) is 36.4 Å². The molecule has 23 heavy (non-hydrogen) atoms. The molecule has 0 saturated carbocycles. The van der Waals surface area contributed by atoms with Gasteiger partial charge in [-0.25, -0.2) is 10.3 Å². The second kappa shape index (κ2) is 6.91. The predicted molar refractivity (Wildman–Crippen MR) is 84.9 cm³/mol. The Labute approximate surface area is 132 Å². The molecule has 0 atom stereocenters. The maximum Gasteiger partial charge on any atom is 0.309 e. The molecule has 112 valence electrons. The number of hydrogen-bond donors (Lipinski definition) is 1. The van der Waals surface area contributed by atoms with Crippen molar-refractivity contribution in [1.82, 2.24) is 10.3 Å². The zero-order chi connectivity index (χ0) is 15.9. The van der Waals surface area contributed by atoms with Crippen LogP contribution in [0.5, 0.6) is 5.75 Å². The highest BCUT2D eigenvalue weighted by Crippen LogP contribution is 2.22. The quantitative estimate of drug-likeness (QED) is 0.346. The lowest BCUT2D eigenvalue weighted by Crippen LogP contribution is -2.23. The van der Waals surface area contributed by atoms with E-state index in [1.807, 2.05) is 36.5 Å². The monoisotopic (exact) mass is 304 g/mol. The maximum absolute atomic E-state index is 8.82. The van der Waals surface area contributed by atoms with Crippen molar-refractivity contribution in [2.45, 2.75) is 0 Å². The number of nitrogens with zero attached hydrogens (tertiary/aromatic N) is 3. The average Bonchev–Trinajstić information content (AvgIpc) is 3.11. The first kappa shape index (κ1) is 14.4. The largest absolute Gasteiger partial charge is 0.444 e. The van der Waals surface area contributed by atoms with Gasteiger partial charge in [0.15, 0.2) is 18.3 Å². The van der Waals surface area contributed by atoms with Gasteiger partial charge in [0, 0.05) is 5.56 Å². The molecule has 1 aromatic heterocycles. The Balaban J connectivity index is 1.80. The second-order valence-electron chi connectivity index (χ2n) is 4.48. The van der Waals surface area contributed by atoms with E-state index < -0.39 is 0 Å². The molecule has 0 amide bonds. The molecule has 0 unspecified atom stereocenters. The molecule has 0 spiro atoms. The van der Waals surface area contributed by atoms with Crippen LogP contribution in [0.1, 0.15) is 0 Å². The van der Waals surface area contributed by atoms with Crippen LogP contribution in [0.3, 0.4) is 0 Å². The number of oxazole rings is 1. The molecule has 0 aliphatic heterocycles. The van der Waals surface area contributed by atoms with Crippen LogP contribution < -0.4 is 10.1 Å². The first-order valence-electron chi connectivity index (χ1n) is 6.81. The summed E-state index contributed by atoms with van der Waals surface area (Å²) in [5.41, 5.74) is 1.53. The minimum atomic E-state index is 0.103. The minimum Gasteiger partial charge on any atom is -0.444 e. The Hall–Kier alpha value is -3.59. The Morgan fingerprint density at radius 3 is 2.57 bits per heavy atom. The number of benzene rings is 2. The van der Waals surface area contributed by atoms with Gasteiger partial charge in [0.1, 0.15) is 5.75 Å². The lowest BCUT2D eigenvalue weighted by molar-refractivity contribution is 0.531. The van der Waals surface area contributed by atoms with Crippen molar-refractivity contribution < 1.29 is 9.15 Å². The summed E-state index contributed by atoms with van der Waals surface area (Å²) in [6.07, 6.45) is 4.83. The number of rotatable bonds is 3. The van der Waals surface area contributed by atoms with Crippen molar-refractivity contribution in [2.75, 3.05) is 0 Å². The smallest absolute Gasteiger partial charge is 0.309 e. The van der Waals surface area contributed by atoms with Crippen LogP contribution in [0.25, 0.3) is 11.3 Å². The van der Waals surface area contributed by atoms with Crippen LogP contribution in [-0.4, -0.2) is 11.0 Å². The van der Waals surface area contributed by atoms with Crippen LogP contribution in [0.2, 0.25) is 0 Å². The lowest BCUT2D eigenvalue weighted by Gasteiger charge is -2.06. The summed E-state index contributed by atoms with van der Waals surface area (Å²) in [7, 11) is 0. The molecule has 0 fully saturated rings. The van der Waals surface area contributed by atoms with Crippen molar-refractivity contribution >= 4 is 11.7 Å². The summed E-state index contributed by atoms with van der Waals surface area (Å²) in [6, 6.07) is 16.5. The number of nitrogens with one attached hydrogen (secondary N) is 1. The van der Waals surface area contributed by atoms with E-state index >= 15 is 0 Å². The molecular formula is C17H12N4O2. The van der Waals surface area contributed by atoms with E-state index in [1.54, 1.807) is 30.5 Å². The van der Waals surface area contributed by atoms with Gasteiger partial charge in [-0.15, -0.1) is 0 Å². The summed E-state index contributed by atoms with van der Waals surface area (Å²) in [4.78, 5) is 8.16. The van der Waals surface area contributed by atoms with E-state index in [0.29, 0.717) is 17.2 Å². The number of nitriles is 1. The molecule has 3 rings (SSSR count). The SMILES string of the molecule is N#CNC(=Nc1ccc(-c2cnco2)cc1)Oc1ccccc1. The van der Waals surface area contributed by atoms with Gasteiger partial charge in [0.2, 0.25) is 0 Å². The molecule has 1 N–H and O–H groups in total. The Morgan fingerprint density at radius 1 is 1.13 bits per heavy atom. The molecule has 0 radical (unpaired) electrons. The zero-order valence-corrected chi connectivity index (χ0v) is 12.0. The van der Waals surface area contributed by atoms with Gasteiger partial charge in [-0.3, -0.25) is 0 Å². The van der Waals surface area contributed by atoms with Crippen molar-refractivity contribution in [3.63, 3.8) is 0 Å². The normalized spacial score (nSPS) is 10.8. The first-order chi connectivity index (χ1) is 11.3. The molecule has 6 heteroatoms. The fraction of sp³-hybridized carbons (Fsp3) is 0. The fourth-order valence-electron chi connectivity index (χ4n) is 1.90. The number of amidine groups is 1. The highest BCUT2D eigenvalue weighted by molar-refractivity contribution is 5.80. The van der Waals surface area contributed by atoms with Crippen molar-refractivity contribution in [1.29, 1.82) is 5.26 Å². The molecule has 0 aliphatic carbocycles. The first-order valence-corrected chi connectivity index (χ1v) is 6.81. The summed E-state index contributed by atoms with van der Waals surface area (Å²) < 4.78 is 10.8. The van der Waals surface area contributed by atoms with Crippen molar-refractivity contribution in [3.05, 3.63) is 67.2 Å². The highest BCUT2D eigenvalue weighted by Gasteiger charge is 2.04. The van der Waals surface area contributed by atoms with Gasteiger partial charge < -0.3 is 9.15 Å². The third-order valence-electron chi connectivity index (χ3n) is 2.94. The van der Waals surface area contributed by atoms with Crippen LogP contribution >= 0.6 is 0 Å². The molecule has 6 nitrogen and oxygen atoms in total. The fourth-order valence-corrected chi connectivity index (χ4v) is 1.90. The molecule has 2 aromatic carbocycles. The average molecular weight is 304 g/mol. The van der Waals surface area contributed by atoms with E-state index in [2.05, 4.69) is 15.3 Å². The van der Waals surface area contributed by atoms with Gasteiger partial charge in [-0.2, -0.15) is 10.3 Å². The lowest BCUT2D eigenvalue weighted by atomic mass is 10.2. The molecule has 1 heterocycles. The molecule has 0 aliphatic rings. The molecule has 0 saturated heterocycles. The number of ether oxygens (including phenoxy) is 1.